The lowest BCUT2D eigenvalue weighted by atomic mass is 10.1. The summed E-state index contributed by atoms with van der Waals surface area (Å²) in [5.74, 6) is -15.5. The summed E-state index contributed by atoms with van der Waals surface area (Å²) in [6.45, 7) is 0. The fraction of sp³-hybridized carbons (Fsp3) is 1.00. The van der Waals surface area contributed by atoms with Crippen molar-refractivity contribution in [3.05, 3.63) is 0 Å². The fourth-order valence-electron chi connectivity index (χ4n) is 0.791. The molecule has 0 saturated heterocycles. The van der Waals surface area contributed by atoms with Gasteiger partial charge < -0.3 is 4.89 Å². The van der Waals surface area contributed by atoms with Gasteiger partial charge in [0.1, 0.15) is 0 Å². The van der Waals surface area contributed by atoms with E-state index < -0.39 is 43.6 Å². The Morgan fingerprint density at radius 2 is 0.958 bits per heavy atom. The van der Waals surface area contributed by atoms with Gasteiger partial charge in [0.2, 0.25) is 0 Å². The third kappa shape index (κ3) is 3.42. The minimum atomic E-state index is -8.25. The molecule has 0 heterocycles. The van der Waals surface area contributed by atoms with E-state index in [0.717, 1.165) is 0 Å². The van der Waals surface area contributed by atoms with Crippen molar-refractivity contribution in [2.75, 3.05) is 0 Å². The summed E-state index contributed by atoms with van der Waals surface area (Å²) < 4.78 is 182. The van der Waals surface area contributed by atoms with E-state index in [4.69, 9.17) is 4.89 Å². The number of halogens is 14. The smallest absolute Gasteiger partial charge is 0.320 e. The van der Waals surface area contributed by atoms with Crippen molar-refractivity contribution in [1.29, 1.82) is 0 Å². The molecule has 0 bridgehead atoms. The highest BCUT2D eigenvalue weighted by Crippen LogP contribution is 2.68. The van der Waals surface area contributed by atoms with Crippen LogP contribution in [0.25, 0.3) is 0 Å². The van der Waals surface area contributed by atoms with Crippen molar-refractivity contribution >= 4 is 7.60 Å². The highest BCUT2D eigenvalue weighted by atomic mass is 31.2. The summed E-state index contributed by atoms with van der Waals surface area (Å²) in [6, 6.07) is 0. The van der Waals surface area contributed by atoms with Crippen LogP contribution < -0.4 is 0 Å². The minimum absolute atomic E-state index is 1.54. The van der Waals surface area contributed by atoms with Gasteiger partial charge in [-0.3, -0.25) is 4.57 Å². The highest BCUT2D eigenvalue weighted by Gasteiger charge is 2.85. The van der Waals surface area contributed by atoms with Gasteiger partial charge in [-0.15, -0.1) is 0 Å². The molecule has 0 aromatic carbocycles. The van der Waals surface area contributed by atoms with Crippen LogP contribution in [-0.4, -0.2) is 40.9 Å². The largest absolute Gasteiger partial charge is 0.466 e. The van der Waals surface area contributed by atoms with Gasteiger partial charge in [-0.2, -0.15) is 61.5 Å². The molecule has 0 amide bonds. The Balaban J connectivity index is 6.00. The lowest BCUT2D eigenvalue weighted by Gasteiger charge is -2.34. The molecule has 0 aliphatic carbocycles. The van der Waals surface area contributed by atoms with Crippen LogP contribution in [-0.2, 0) is 9.09 Å². The average molecular weight is 418 g/mol. The third-order valence-corrected chi connectivity index (χ3v) is 3.49. The molecule has 0 aromatic heterocycles. The van der Waals surface area contributed by atoms with E-state index in [1.807, 2.05) is 0 Å². The lowest BCUT2D eigenvalue weighted by molar-refractivity contribution is -0.430. The van der Waals surface area contributed by atoms with Gasteiger partial charge in [-0.25, -0.2) is 4.52 Å². The van der Waals surface area contributed by atoms with Gasteiger partial charge in [-0.1, -0.05) is 0 Å². The summed E-state index contributed by atoms with van der Waals surface area (Å²) >= 11 is 0. The van der Waals surface area contributed by atoms with Crippen molar-refractivity contribution < 1.29 is 75.4 Å². The Morgan fingerprint density at radius 3 is 1.21 bits per heavy atom. The van der Waals surface area contributed by atoms with Crippen molar-refractivity contribution in [2.45, 2.75) is 36.0 Å². The minimum Gasteiger partial charge on any atom is -0.320 e. The number of hydrogen-bond acceptors (Lipinski definition) is 2. The number of hydrogen-bond donors (Lipinski definition) is 1. The molecule has 0 fully saturated rings. The predicted octanol–water partition coefficient (Wildman–Crippen LogP) is 4.77. The molecule has 0 radical (unpaired) electrons. The van der Waals surface area contributed by atoms with Crippen LogP contribution in [0, 0.1) is 0 Å². The Hall–Kier alpha value is -0.830. The molecule has 0 aliphatic rings. The molecule has 1 unspecified atom stereocenters. The standard InChI is InChI=1S/C6HF14O3P/c7-1(8,3(11,12)13)2(9,10)5(17,18)23-24(21,22)6(19,20)4(14,15)16/h(H,21,22). The number of rotatable bonds is 5. The van der Waals surface area contributed by atoms with E-state index in [2.05, 4.69) is 0 Å². The molecule has 1 atom stereocenters. The molecule has 0 aromatic rings. The van der Waals surface area contributed by atoms with Gasteiger partial charge in [0.15, 0.2) is 0 Å². The molecule has 3 nitrogen and oxygen atoms in total. The number of alkyl halides is 14. The topological polar surface area (TPSA) is 46.5 Å². The Bertz CT molecular complexity index is 518. The quantitative estimate of drug-likeness (QED) is 0.517. The van der Waals surface area contributed by atoms with Gasteiger partial charge in [0.05, 0.1) is 0 Å². The molecule has 0 spiro atoms. The normalized spacial score (nSPS) is 18.5. The van der Waals surface area contributed by atoms with E-state index in [-0.39, 0.29) is 0 Å². The molecule has 0 saturated carbocycles. The van der Waals surface area contributed by atoms with E-state index >= 15 is 0 Å². The zero-order valence-electron chi connectivity index (χ0n) is 10.0. The van der Waals surface area contributed by atoms with Crippen LogP contribution in [0.3, 0.4) is 0 Å². The van der Waals surface area contributed by atoms with Crippen LogP contribution in [0.2, 0.25) is 0 Å². The van der Waals surface area contributed by atoms with Crippen LogP contribution in [0.4, 0.5) is 61.5 Å². The van der Waals surface area contributed by atoms with Crippen LogP contribution in [0.15, 0.2) is 0 Å². The Labute approximate surface area is 120 Å². The fourth-order valence-corrected chi connectivity index (χ4v) is 1.65. The Kier molecular flexibility index (Phi) is 5.39. The van der Waals surface area contributed by atoms with Crippen LogP contribution in [0.1, 0.15) is 0 Å². The zero-order valence-corrected chi connectivity index (χ0v) is 10.9. The molecule has 18 heteroatoms. The third-order valence-electron chi connectivity index (χ3n) is 2.05. The van der Waals surface area contributed by atoms with E-state index in [1.165, 1.54) is 0 Å². The highest BCUT2D eigenvalue weighted by molar-refractivity contribution is 7.54. The maximum Gasteiger partial charge on any atom is 0.466 e. The first-order valence-electron chi connectivity index (χ1n) is 4.64. The SMILES string of the molecule is O=P(O)(OC(F)(F)C(F)(F)C(F)(F)C(F)(F)F)C(F)(F)C(F)(F)F. The van der Waals surface area contributed by atoms with Crippen molar-refractivity contribution in [3.8, 4) is 0 Å². The molecular formula is C6HF14O3P. The zero-order chi connectivity index (χ0) is 20.2. The second-order valence-corrected chi connectivity index (χ2v) is 5.60. The van der Waals surface area contributed by atoms with Gasteiger partial charge in [0.25, 0.3) is 0 Å². The molecule has 1 N–H and O–H groups in total. The summed E-state index contributed by atoms with van der Waals surface area (Å²) in [5, 5.41) is 0. The molecular weight excluding hydrogens is 417 g/mol. The van der Waals surface area contributed by atoms with Crippen molar-refractivity contribution in [1.82, 2.24) is 0 Å². The maximum atomic E-state index is 12.7. The van der Waals surface area contributed by atoms with Crippen molar-refractivity contribution in [2.24, 2.45) is 0 Å². The first-order valence-corrected chi connectivity index (χ1v) is 6.22. The monoisotopic (exact) mass is 418 g/mol. The van der Waals surface area contributed by atoms with E-state index in [1.54, 1.807) is 4.52 Å². The Morgan fingerprint density at radius 1 is 0.625 bits per heavy atom. The van der Waals surface area contributed by atoms with Crippen LogP contribution >= 0.6 is 7.60 Å². The first-order chi connectivity index (χ1) is 9.96. The first kappa shape index (κ1) is 23.2. The van der Waals surface area contributed by atoms with Gasteiger partial charge >= 0.3 is 43.6 Å². The molecule has 0 rings (SSSR count). The molecule has 24 heavy (non-hydrogen) atoms. The predicted molar refractivity (Wildman–Crippen MR) is 42.8 cm³/mol. The van der Waals surface area contributed by atoms with Gasteiger partial charge in [0, 0.05) is 0 Å². The summed E-state index contributed by atoms with van der Waals surface area (Å²) in [7, 11) is -8.25. The van der Waals surface area contributed by atoms with Gasteiger partial charge in [-0.05, 0) is 0 Å². The van der Waals surface area contributed by atoms with Crippen molar-refractivity contribution in [3.63, 3.8) is 0 Å². The summed E-state index contributed by atoms with van der Waals surface area (Å²) in [6.07, 6.45) is -22.2. The maximum absolute atomic E-state index is 12.7. The summed E-state index contributed by atoms with van der Waals surface area (Å²) in [4.78, 5) is 8.07. The lowest BCUT2D eigenvalue weighted by Crippen LogP contribution is -2.61. The van der Waals surface area contributed by atoms with E-state index in [9.17, 15) is 66.0 Å². The molecule has 146 valence electrons. The van der Waals surface area contributed by atoms with E-state index in [0.29, 0.717) is 0 Å². The average Bonchev–Trinajstić information content (AvgIpc) is 2.23. The molecule has 0 aliphatic heterocycles. The van der Waals surface area contributed by atoms with Crippen LogP contribution in [0.5, 0.6) is 0 Å². The summed E-state index contributed by atoms with van der Waals surface area (Å²) in [5.41, 5.74) is -7.19. The second-order valence-electron chi connectivity index (χ2n) is 3.81. The second kappa shape index (κ2) is 5.59.